The van der Waals surface area contributed by atoms with Gasteiger partial charge in [-0.15, -0.1) is 6.42 Å². The fourth-order valence-corrected chi connectivity index (χ4v) is 4.38. The van der Waals surface area contributed by atoms with Crippen molar-refractivity contribution in [2.24, 2.45) is 0 Å². The lowest BCUT2D eigenvalue weighted by molar-refractivity contribution is -0.206. The van der Waals surface area contributed by atoms with Crippen LogP contribution in [0.3, 0.4) is 0 Å². The van der Waals surface area contributed by atoms with Crippen molar-refractivity contribution < 1.29 is 57.1 Å². The topological polar surface area (TPSA) is 150 Å². The summed E-state index contributed by atoms with van der Waals surface area (Å²) in [6.45, 7) is 5.45. The van der Waals surface area contributed by atoms with E-state index in [9.17, 15) is 24.0 Å². The van der Waals surface area contributed by atoms with Gasteiger partial charge in [-0.05, 0) is 54.1 Å². The Morgan fingerprint density at radius 3 is 1.95 bits per heavy atom. The molecule has 0 bridgehead atoms. The van der Waals surface area contributed by atoms with Gasteiger partial charge in [-0.1, -0.05) is 18.1 Å². The van der Waals surface area contributed by atoms with Crippen molar-refractivity contribution in [3.8, 4) is 12.3 Å². The van der Waals surface area contributed by atoms with Crippen LogP contribution in [-0.4, -0.2) is 79.4 Å². The summed E-state index contributed by atoms with van der Waals surface area (Å²) in [6, 6.07) is 6.94. The van der Waals surface area contributed by atoms with Gasteiger partial charge in [0.15, 0.2) is 0 Å². The zero-order valence-electron chi connectivity index (χ0n) is 22.7. The van der Waals surface area contributed by atoms with E-state index in [2.05, 4.69) is 28.5 Å². The molecule has 1 unspecified atom stereocenters. The Bertz CT molecular complexity index is 1120. The molecule has 12 nitrogen and oxygen atoms in total. The van der Waals surface area contributed by atoms with Gasteiger partial charge in [0.05, 0.1) is 19.8 Å². The predicted molar refractivity (Wildman–Crippen MR) is 144 cm³/mol. The van der Waals surface area contributed by atoms with Crippen LogP contribution in [0, 0.1) is 15.9 Å². The summed E-state index contributed by atoms with van der Waals surface area (Å²) in [4.78, 5) is 62.5. The van der Waals surface area contributed by atoms with Gasteiger partial charge in [0.2, 0.25) is 18.0 Å². The summed E-state index contributed by atoms with van der Waals surface area (Å²) >= 11 is 2.10. The van der Waals surface area contributed by atoms with E-state index in [4.69, 9.17) is 39.6 Å². The maximum Gasteiger partial charge on any atom is 0.350 e. The van der Waals surface area contributed by atoms with Gasteiger partial charge in [0.25, 0.3) is 5.60 Å². The van der Waals surface area contributed by atoms with E-state index in [1.807, 2.05) is 0 Å². The second kappa shape index (κ2) is 14.4. The van der Waals surface area contributed by atoms with Crippen LogP contribution in [0.2, 0.25) is 0 Å². The van der Waals surface area contributed by atoms with Crippen LogP contribution in [0.25, 0.3) is 0 Å². The number of carbonyl (C=O) groups excluding carboxylic acids is 5. The molecule has 2 rings (SSSR count). The number of ether oxygens (including phenoxy) is 7. The van der Waals surface area contributed by atoms with E-state index in [1.54, 1.807) is 38.1 Å². The van der Waals surface area contributed by atoms with E-state index in [0.717, 1.165) is 24.3 Å². The number of hydrogen-bond donors (Lipinski definition) is 0. The molecule has 1 fully saturated rings. The number of hydrogen-bond acceptors (Lipinski definition) is 12. The van der Waals surface area contributed by atoms with Gasteiger partial charge in [0, 0.05) is 30.8 Å². The molecule has 1 aromatic rings. The summed E-state index contributed by atoms with van der Waals surface area (Å²) in [5, 5.41) is 0. The minimum atomic E-state index is -2.34. The molecule has 1 aliphatic heterocycles. The van der Waals surface area contributed by atoms with Crippen LogP contribution in [0.4, 0.5) is 0 Å². The maximum absolute atomic E-state index is 13.3. The van der Waals surface area contributed by atoms with Crippen molar-refractivity contribution >= 4 is 52.4 Å². The lowest BCUT2D eigenvalue weighted by Gasteiger charge is -2.34. The predicted octanol–water partition coefficient (Wildman–Crippen LogP) is 1.87. The number of carbonyl (C=O) groups is 5. The summed E-state index contributed by atoms with van der Waals surface area (Å²) in [5.74, 6) is -2.36. The molecule has 4 atom stereocenters. The van der Waals surface area contributed by atoms with Crippen molar-refractivity contribution in [2.75, 3.05) is 19.8 Å². The number of rotatable bonds is 12. The Hall–Kier alpha value is -3.22. The van der Waals surface area contributed by atoms with Crippen molar-refractivity contribution in [3.05, 3.63) is 33.4 Å². The quantitative estimate of drug-likeness (QED) is 0.105. The largest absolute Gasteiger partial charge is 0.463 e. The second-order valence-corrected chi connectivity index (χ2v) is 9.79. The fraction of sp³-hybridized carbons (Fsp3) is 0.519. The fourth-order valence-electron chi connectivity index (χ4n) is 4.02. The maximum atomic E-state index is 13.3. The highest BCUT2D eigenvalue weighted by atomic mass is 127. The Labute approximate surface area is 245 Å². The third-order valence-corrected chi connectivity index (χ3v) is 6.34. The van der Waals surface area contributed by atoms with Crippen LogP contribution in [-0.2, 0) is 63.6 Å². The summed E-state index contributed by atoms with van der Waals surface area (Å²) in [6.07, 6.45) is 0.775. The number of halogens is 1. The molecule has 0 aliphatic carbocycles. The smallest absolute Gasteiger partial charge is 0.350 e. The molecule has 218 valence electrons. The van der Waals surface area contributed by atoms with Gasteiger partial charge in [0.1, 0.15) is 6.10 Å². The van der Waals surface area contributed by atoms with E-state index < -0.39 is 66.2 Å². The van der Waals surface area contributed by atoms with Crippen LogP contribution in [0.15, 0.2) is 24.3 Å². The minimum absolute atomic E-state index is 0.0826. The molecule has 40 heavy (non-hydrogen) atoms. The third-order valence-electron chi connectivity index (χ3n) is 5.62. The van der Waals surface area contributed by atoms with Crippen LogP contribution >= 0.6 is 22.6 Å². The van der Waals surface area contributed by atoms with Gasteiger partial charge < -0.3 is 33.2 Å². The first-order chi connectivity index (χ1) is 18.8. The van der Waals surface area contributed by atoms with E-state index in [0.29, 0.717) is 5.56 Å². The Kier molecular flexibility index (Phi) is 11.9. The second-order valence-electron chi connectivity index (χ2n) is 8.55. The van der Waals surface area contributed by atoms with Crippen molar-refractivity contribution in [2.45, 2.75) is 70.7 Å². The minimum Gasteiger partial charge on any atom is -0.463 e. The molecule has 0 radical (unpaired) electrons. The molecule has 0 spiro atoms. The van der Waals surface area contributed by atoms with Gasteiger partial charge in [-0.25, -0.2) is 9.59 Å². The molecular formula is C27H31IO12. The zero-order valence-corrected chi connectivity index (χ0v) is 24.9. The number of esters is 5. The summed E-state index contributed by atoms with van der Waals surface area (Å²) in [5.41, 5.74) is -3.97. The molecule has 1 saturated heterocycles. The van der Waals surface area contributed by atoms with E-state index >= 15 is 0 Å². The normalized spacial score (nSPS) is 22.0. The van der Waals surface area contributed by atoms with Gasteiger partial charge >= 0.3 is 29.8 Å². The number of terminal acetylenes is 1. The first-order valence-corrected chi connectivity index (χ1v) is 13.3. The van der Waals surface area contributed by atoms with E-state index in [1.165, 1.54) is 0 Å². The van der Waals surface area contributed by atoms with Crippen molar-refractivity contribution in [1.82, 2.24) is 0 Å². The first kappa shape index (κ1) is 33.0. The van der Waals surface area contributed by atoms with E-state index in [-0.39, 0.29) is 19.6 Å². The van der Waals surface area contributed by atoms with Crippen molar-refractivity contribution in [1.29, 1.82) is 0 Å². The average molecular weight is 674 g/mol. The van der Waals surface area contributed by atoms with Crippen LogP contribution in [0.5, 0.6) is 0 Å². The Balaban J connectivity index is 2.60. The molecule has 0 aromatic heterocycles. The molecule has 0 saturated carbocycles. The highest BCUT2D eigenvalue weighted by Gasteiger charge is 2.64. The molecule has 1 aromatic carbocycles. The number of benzene rings is 1. The zero-order chi connectivity index (χ0) is 30.1. The summed E-state index contributed by atoms with van der Waals surface area (Å²) in [7, 11) is 0. The van der Waals surface area contributed by atoms with Crippen LogP contribution < -0.4 is 0 Å². The Morgan fingerprint density at radius 2 is 1.50 bits per heavy atom. The summed E-state index contributed by atoms with van der Waals surface area (Å²) < 4.78 is 38.9. The van der Waals surface area contributed by atoms with Gasteiger partial charge in [-0.2, -0.15) is 0 Å². The SMILES string of the molecule is C#C[C@@]1(OC(C)=O)[C@@H](COC(Cc2ccc(I)cc2)(C(=O)OCC)C(=O)OCC)OC(OC(C)=O)[C@@H]1OC(C)=O. The molecule has 1 heterocycles. The lowest BCUT2D eigenvalue weighted by Crippen LogP contribution is -2.57. The van der Waals surface area contributed by atoms with Crippen LogP contribution in [0.1, 0.15) is 40.2 Å². The van der Waals surface area contributed by atoms with Crippen molar-refractivity contribution in [3.63, 3.8) is 0 Å². The average Bonchev–Trinajstić information content (AvgIpc) is 3.13. The Morgan fingerprint density at radius 1 is 0.950 bits per heavy atom. The molecule has 1 aliphatic rings. The standard InChI is InChI=1S/C27H31IO12/c1-7-26(40-18(6)31)21(39-23(38-17(5)30)22(26)37-16(4)29)15-36-27(24(32)34-8-2,25(33)35-9-3)14-19-10-12-20(28)13-11-19/h1,10-13,21-23H,8-9,14-15H2,2-6H3/t21-,22+,23?,26-/m1/s1. The molecular weight excluding hydrogens is 643 g/mol. The highest BCUT2D eigenvalue weighted by molar-refractivity contribution is 14.1. The highest BCUT2D eigenvalue weighted by Crippen LogP contribution is 2.39. The molecule has 0 amide bonds. The lowest BCUT2D eigenvalue weighted by atomic mass is 9.91. The van der Waals surface area contributed by atoms with Gasteiger partial charge in [-0.3, -0.25) is 14.4 Å². The monoisotopic (exact) mass is 674 g/mol. The molecule has 0 N–H and O–H groups in total. The third kappa shape index (κ3) is 7.70. The first-order valence-electron chi connectivity index (χ1n) is 12.2. The molecule has 13 heteroatoms.